The number of nitrogens with zero attached hydrogens (tertiary/aromatic N) is 1. The standard InChI is InChI=1S/C13H17FN2OS/c1-9(14)7-16(2)12(17)13(5-11(13)6-15)10-3-4-18-8-10/h3-4,8,11H,1,5-7,15H2,2H3/t11-,13+/m0/s1. The van der Waals surface area contributed by atoms with E-state index in [4.69, 9.17) is 5.73 Å². The second-order valence-electron chi connectivity index (χ2n) is 4.80. The molecule has 1 fully saturated rings. The Morgan fingerprint density at radius 3 is 2.94 bits per heavy atom. The normalized spacial score (nSPS) is 25.8. The molecule has 18 heavy (non-hydrogen) atoms. The number of rotatable bonds is 5. The van der Waals surface area contributed by atoms with Crippen molar-refractivity contribution in [2.75, 3.05) is 20.1 Å². The Labute approximate surface area is 110 Å². The quantitative estimate of drug-likeness (QED) is 0.886. The number of halogens is 1. The fourth-order valence-corrected chi connectivity index (χ4v) is 3.28. The molecular weight excluding hydrogens is 251 g/mol. The van der Waals surface area contributed by atoms with Crippen molar-refractivity contribution in [3.63, 3.8) is 0 Å². The summed E-state index contributed by atoms with van der Waals surface area (Å²) in [6.45, 7) is 3.62. The lowest BCUT2D eigenvalue weighted by molar-refractivity contribution is -0.132. The first-order chi connectivity index (χ1) is 8.52. The van der Waals surface area contributed by atoms with E-state index in [1.54, 1.807) is 18.4 Å². The smallest absolute Gasteiger partial charge is 0.233 e. The molecule has 1 amide bonds. The molecule has 0 saturated heterocycles. The Hall–Kier alpha value is -1.20. The van der Waals surface area contributed by atoms with Crippen LogP contribution >= 0.6 is 11.3 Å². The topological polar surface area (TPSA) is 46.3 Å². The molecule has 98 valence electrons. The minimum atomic E-state index is -0.529. The third-order valence-corrected chi connectivity index (χ3v) is 4.25. The molecule has 1 aromatic heterocycles. The van der Waals surface area contributed by atoms with E-state index in [1.165, 1.54) is 4.90 Å². The van der Waals surface area contributed by atoms with Gasteiger partial charge in [0, 0.05) is 7.05 Å². The monoisotopic (exact) mass is 268 g/mol. The van der Waals surface area contributed by atoms with Gasteiger partial charge in [-0.1, -0.05) is 6.58 Å². The average molecular weight is 268 g/mol. The van der Waals surface area contributed by atoms with Crippen molar-refractivity contribution in [1.29, 1.82) is 0 Å². The second kappa shape index (κ2) is 4.82. The lowest BCUT2D eigenvalue weighted by Crippen LogP contribution is -2.39. The van der Waals surface area contributed by atoms with Crippen molar-refractivity contribution in [2.45, 2.75) is 11.8 Å². The van der Waals surface area contributed by atoms with Gasteiger partial charge in [-0.2, -0.15) is 11.3 Å². The van der Waals surface area contributed by atoms with Crippen LogP contribution in [0.25, 0.3) is 0 Å². The Bertz CT molecular complexity index is 460. The molecule has 2 rings (SSSR count). The van der Waals surface area contributed by atoms with Gasteiger partial charge in [0.1, 0.15) is 5.83 Å². The number of likely N-dealkylation sites (N-methyl/N-ethyl adjacent to an activating group) is 1. The number of hydrogen-bond acceptors (Lipinski definition) is 3. The van der Waals surface area contributed by atoms with Crippen LogP contribution in [0.2, 0.25) is 0 Å². The van der Waals surface area contributed by atoms with Crippen molar-refractivity contribution in [3.8, 4) is 0 Å². The molecule has 2 N–H and O–H groups in total. The third-order valence-electron chi connectivity index (χ3n) is 3.56. The van der Waals surface area contributed by atoms with Crippen LogP contribution in [0, 0.1) is 5.92 Å². The maximum Gasteiger partial charge on any atom is 0.233 e. The molecule has 1 aliphatic carbocycles. The van der Waals surface area contributed by atoms with Gasteiger partial charge in [-0.05, 0) is 41.3 Å². The molecule has 0 aromatic carbocycles. The van der Waals surface area contributed by atoms with Crippen molar-refractivity contribution < 1.29 is 9.18 Å². The van der Waals surface area contributed by atoms with E-state index in [1.807, 2.05) is 16.8 Å². The first-order valence-electron chi connectivity index (χ1n) is 5.84. The largest absolute Gasteiger partial charge is 0.338 e. The summed E-state index contributed by atoms with van der Waals surface area (Å²) >= 11 is 1.56. The number of amides is 1. The highest BCUT2D eigenvalue weighted by Crippen LogP contribution is 2.55. The Kier molecular flexibility index (Phi) is 3.54. The van der Waals surface area contributed by atoms with Crippen LogP contribution in [0.1, 0.15) is 12.0 Å². The van der Waals surface area contributed by atoms with Crippen LogP contribution in [0.3, 0.4) is 0 Å². The van der Waals surface area contributed by atoms with Gasteiger partial charge in [0.2, 0.25) is 5.91 Å². The van der Waals surface area contributed by atoms with E-state index in [2.05, 4.69) is 6.58 Å². The predicted octanol–water partition coefficient (Wildman–Crippen LogP) is 1.91. The minimum Gasteiger partial charge on any atom is -0.338 e. The summed E-state index contributed by atoms with van der Waals surface area (Å²) in [5, 5.41) is 3.93. The van der Waals surface area contributed by atoms with Crippen LogP contribution in [-0.4, -0.2) is 30.9 Å². The molecule has 2 atom stereocenters. The first-order valence-corrected chi connectivity index (χ1v) is 6.78. The fraction of sp³-hybridized carbons (Fsp3) is 0.462. The summed E-state index contributed by atoms with van der Waals surface area (Å²) in [6.07, 6.45) is 0.752. The molecule has 1 aromatic rings. The van der Waals surface area contributed by atoms with Gasteiger partial charge in [-0.25, -0.2) is 4.39 Å². The number of nitrogens with two attached hydrogens (primary N) is 1. The minimum absolute atomic E-state index is 0.0536. The highest BCUT2D eigenvalue weighted by atomic mass is 32.1. The van der Waals surface area contributed by atoms with Gasteiger partial charge in [0.15, 0.2) is 0 Å². The highest BCUT2D eigenvalue weighted by Gasteiger charge is 2.61. The maximum atomic E-state index is 12.8. The fourth-order valence-electron chi connectivity index (χ4n) is 2.54. The van der Waals surface area contributed by atoms with E-state index in [0.29, 0.717) is 6.54 Å². The molecule has 0 bridgehead atoms. The summed E-state index contributed by atoms with van der Waals surface area (Å²) in [4.78, 5) is 13.9. The Morgan fingerprint density at radius 2 is 2.50 bits per heavy atom. The summed E-state index contributed by atoms with van der Waals surface area (Å²) in [5.41, 5.74) is 6.17. The van der Waals surface area contributed by atoms with Crippen molar-refractivity contribution >= 4 is 17.2 Å². The van der Waals surface area contributed by atoms with Crippen molar-refractivity contribution in [2.24, 2.45) is 11.7 Å². The van der Waals surface area contributed by atoms with Crippen LogP contribution in [0.5, 0.6) is 0 Å². The van der Waals surface area contributed by atoms with Crippen molar-refractivity contribution in [3.05, 3.63) is 34.8 Å². The van der Waals surface area contributed by atoms with E-state index < -0.39 is 11.2 Å². The SMILES string of the molecule is C=C(F)CN(C)C(=O)[C@@]1(c2ccsc2)C[C@H]1CN. The van der Waals surface area contributed by atoms with Gasteiger partial charge in [0.05, 0.1) is 12.0 Å². The summed E-state index contributed by atoms with van der Waals surface area (Å²) in [5.74, 6) is -0.402. The summed E-state index contributed by atoms with van der Waals surface area (Å²) < 4.78 is 12.8. The third kappa shape index (κ3) is 2.08. The molecule has 5 heteroatoms. The molecule has 0 radical (unpaired) electrons. The van der Waals surface area contributed by atoms with E-state index >= 15 is 0 Å². The zero-order valence-corrected chi connectivity index (χ0v) is 11.2. The second-order valence-corrected chi connectivity index (χ2v) is 5.58. The molecule has 1 saturated carbocycles. The first kappa shape index (κ1) is 13.2. The van der Waals surface area contributed by atoms with Gasteiger partial charge in [0.25, 0.3) is 0 Å². The Balaban J connectivity index is 2.22. The molecule has 0 aliphatic heterocycles. The number of thiophene rings is 1. The lowest BCUT2D eigenvalue weighted by Gasteiger charge is -2.23. The van der Waals surface area contributed by atoms with Crippen LogP contribution in [0.4, 0.5) is 4.39 Å². The summed E-state index contributed by atoms with van der Waals surface area (Å²) in [6, 6.07) is 1.95. The van der Waals surface area contributed by atoms with Crippen LogP contribution < -0.4 is 5.73 Å². The number of carbonyl (C=O) groups is 1. The van der Waals surface area contributed by atoms with Gasteiger partial charge in [-0.15, -0.1) is 0 Å². The highest BCUT2D eigenvalue weighted by molar-refractivity contribution is 7.08. The van der Waals surface area contributed by atoms with E-state index in [9.17, 15) is 9.18 Å². The maximum absolute atomic E-state index is 12.8. The van der Waals surface area contributed by atoms with E-state index in [-0.39, 0.29) is 18.4 Å². The lowest BCUT2D eigenvalue weighted by atomic mass is 9.94. The van der Waals surface area contributed by atoms with Crippen LogP contribution in [-0.2, 0) is 10.2 Å². The average Bonchev–Trinajstić information content (AvgIpc) is 2.80. The van der Waals surface area contributed by atoms with Gasteiger partial charge >= 0.3 is 0 Å². The molecule has 1 aliphatic rings. The molecule has 0 unspecified atom stereocenters. The molecule has 0 spiro atoms. The van der Waals surface area contributed by atoms with Gasteiger partial charge in [-0.3, -0.25) is 4.79 Å². The summed E-state index contributed by atoms with van der Waals surface area (Å²) in [7, 11) is 1.60. The molecular formula is C13H17FN2OS. The number of hydrogen-bond donors (Lipinski definition) is 1. The zero-order chi connectivity index (χ0) is 13.3. The number of carbonyl (C=O) groups excluding carboxylic acids is 1. The molecule has 3 nitrogen and oxygen atoms in total. The van der Waals surface area contributed by atoms with Crippen molar-refractivity contribution in [1.82, 2.24) is 4.90 Å². The molecule has 1 heterocycles. The van der Waals surface area contributed by atoms with Gasteiger partial charge < -0.3 is 10.6 Å². The predicted molar refractivity (Wildman–Crippen MR) is 71.0 cm³/mol. The Morgan fingerprint density at radius 1 is 1.78 bits per heavy atom. The zero-order valence-electron chi connectivity index (χ0n) is 10.4. The van der Waals surface area contributed by atoms with Crippen LogP contribution in [0.15, 0.2) is 29.2 Å². The van der Waals surface area contributed by atoms with E-state index in [0.717, 1.165) is 12.0 Å².